The molecule has 0 heterocycles. The number of hydrogen-bond donors (Lipinski definition) is 2. The van der Waals surface area contributed by atoms with E-state index in [9.17, 15) is 14.3 Å². The first-order valence-electron chi connectivity index (χ1n) is 9.87. The summed E-state index contributed by atoms with van der Waals surface area (Å²) in [5.41, 5.74) is 5.26. The third-order valence-corrected chi connectivity index (χ3v) is 5.21. The number of aromatic hydroxyl groups is 1. The van der Waals surface area contributed by atoms with Crippen molar-refractivity contribution in [2.45, 2.75) is 12.3 Å². The van der Waals surface area contributed by atoms with E-state index in [1.54, 1.807) is 12.2 Å². The monoisotopic (exact) mass is 403 g/mol. The van der Waals surface area contributed by atoms with Crippen LogP contribution in [-0.4, -0.2) is 24.4 Å². The molecule has 152 valence electrons. The molecular formula is C25H22FNO3. The maximum absolute atomic E-state index is 13.0. The lowest BCUT2D eigenvalue weighted by Gasteiger charge is -2.14. The first kappa shape index (κ1) is 19.7. The van der Waals surface area contributed by atoms with Crippen LogP contribution in [-0.2, 0) is 4.74 Å². The fraction of sp³-hybridized carbons (Fsp3) is 0.160. The number of ether oxygens (including phenoxy) is 1. The Balaban J connectivity index is 1.28. The van der Waals surface area contributed by atoms with Crippen LogP contribution in [0.15, 0.2) is 72.8 Å². The number of hydrogen-bond acceptors (Lipinski definition) is 3. The summed E-state index contributed by atoms with van der Waals surface area (Å²) in [4.78, 5) is 12.1. The Morgan fingerprint density at radius 2 is 1.70 bits per heavy atom. The molecule has 0 saturated heterocycles. The van der Waals surface area contributed by atoms with Crippen LogP contribution in [0.4, 0.5) is 9.18 Å². The zero-order chi connectivity index (χ0) is 20.9. The van der Waals surface area contributed by atoms with Gasteiger partial charge >= 0.3 is 6.09 Å². The molecule has 1 aliphatic rings. The van der Waals surface area contributed by atoms with Crippen LogP contribution in [0.3, 0.4) is 0 Å². The summed E-state index contributed by atoms with van der Waals surface area (Å²) >= 11 is 0. The molecule has 4 nitrogen and oxygen atoms in total. The Morgan fingerprint density at radius 3 is 2.37 bits per heavy atom. The number of fused-ring (bicyclic) bond motifs is 3. The van der Waals surface area contributed by atoms with E-state index >= 15 is 0 Å². The lowest BCUT2D eigenvalue weighted by atomic mass is 9.98. The standard InChI is InChI=1S/C25H22FNO3/c26-18-13-12-17(24(28)15-18)7-5-6-14-27-25(29)30-16-23-21-10-3-1-8-19(21)20-9-2-4-11-22(20)23/h1-5,7-13,15,23,28H,6,14,16H2,(H,27,29). The maximum atomic E-state index is 13.0. The van der Waals surface area contributed by atoms with Gasteiger partial charge in [0, 0.05) is 24.1 Å². The second-order valence-corrected chi connectivity index (χ2v) is 7.15. The Morgan fingerprint density at radius 1 is 1.03 bits per heavy atom. The number of phenols is 1. The molecular weight excluding hydrogens is 381 g/mol. The van der Waals surface area contributed by atoms with E-state index in [4.69, 9.17) is 4.74 Å². The van der Waals surface area contributed by atoms with E-state index in [2.05, 4.69) is 29.6 Å². The third-order valence-electron chi connectivity index (χ3n) is 5.21. The average Bonchev–Trinajstić information content (AvgIpc) is 3.07. The number of alkyl carbamates (subject to hydrolysis) is 1. The van der Waals surface area contributed by atoms with Crippen molar-refractivity contribution >= 4 is 12.2 Å². The van der Waals surface area contributed by atoms with Gasteiger partial charge in [-0.15, -0.1) is 0 Å². The van der Waals surface area contributed by atoms with Gasteiger partial charge in [-0.2, -0.15) is 0 Å². The number of phenolic OH excluding ortho intramolecular Hbond substituents is 1. The highest BCUT2D eigenvalue weighted by Gasteiger charge is 2.28. The summed E-state index contributed by atoms with van der Waals surface area (Å²) in [5.74, 6) is -0.568. The Kier molecular flexibility index (Phi) is 5.80. The Labute approximate surface area is 174 Å². The van der Waals surface area contributed by atoms with Crippen molar-refractivity contribution in [2.75, 3.05) is 13.2 Å². The molecule has 0 fully saturated rings. The quantitative estimate of drug-likeness (QED) is 0.536. The highest BCUT2D eigenvalue weighted by atomic mass is 19.1. The predicted molar refractivity (Wildman–Crippen MR) is 115 cm³/mol. The first-order chi connectivity index (χ1) is 14.6. The summed E-state index contributed by atoms with van der Waals surface area (Å²) in [6.07, 6.45) is 3.58. The molecule has 0 bridgehead atoms. The number of nitrogens with one attached hydrogen (secondary N) is 1. The van der Waals surface area contributed by atoms with Crippen LogP contribution < -0.4 is 5.32 Å². The van der Waals surface area contributed by atoms with Gasteiger partial charge < -0.3 is 15.2 Å². The largest absolute Gasteiger partial charge is 0.507 e. The summed E-state index contributed by atoms with van der Waals surface area (Å²) in [5, 5.41) is 12.4. The zero-order valence-corrected chi connectivity index (χ0v) is 16.3. The lowest BCUT2D eigenvalue weighted by molar-refractivity contribution is 0.143. The molecule has 0 aliphatic heterocycles. The first-order valence-corrected chi connectivity index (χ1v) is 9.87. The summed E-state index contributed by atoms with van der Waals surface area (Å²) in [7, 11) is 0. The van der Waals surface area contributed by atoms with E-state index in [0.29, 0.717) is 18.5 Å². The van der Waals surface area contributed by atoms with Gasteiger partial charge in [0.05, 0.1) is 0 Å². The van der Waals surface area contributed by atoms with Crippen LogP contribution in [0, 0.1) is 5.82 Å². The molecule has 3 aromatic rings. The highest BCUT2D eigenvalue weighted by Crippen LogP contribution is 2.44. The summed E-state index contributed by atoms with van der Waals surface area (Å²) < 4.78 is 18.5. The van der Waals surface area contributed by atoms with Crippen LogP contribution in [0.5, 0.6) is 5.75 Å². The van der Waals surface area contributed by atoms with E-state index in [-0.39, 0.29) is 18.3 Å². The molecule has 0 radical (unpaired) electrons. The molecule has 0 aromatic heterocycles. The van der Waals surface area contributed by atoms with Crippen molar-refractivity contribution in [2.24, 2.45) is 0 Å². The molecule has 1 aliphatic carbocycles. The normalized spacial score (nSPS) is 12.6. The number of carbonyl (C=O) groups excluding carboxylic acids is 1. The fourth-order valence-electron chi connectivity index (χ4n) is 3.78. The van der Waals surface area contributed by atoms with Crippen LogP contribution in [0.2, 0.25) is 0 Å². The maximum Gasteiger partial charge on any atom is 0.407 e. The minimum atomic E-state index is -0.485. The molecule has 5 heteroatoms. The van der Waals surface area contributed by atoms with Gasteiger partial charge in [-0.3, -0.25) is 0 Å². The van der Waals surface area contributed by atoms with E-state index < -0.39 is 11.9 Å². The van der Waals surface area contributed by atoms with E-state index in [0.717, 1.165) is 6.07 Å². The predicted octanol–water partition coefficient (Wildman–Crippen LogP) is 5.47. The second-order valence-electron chi connectivity index (χ2n) is 7.15. The van der Waals surface area contributed by atoms with Gasteiger partial charge in [-0.05, 0) is 40.8 Å². The lowest BCUT2D eigenvalue weighted by Crippen LogP contribution is -2.26. The van der Waals surface area contributed by atoms with Gasteiger partial charge in [0.25, 0.3) is 0 Å². The van der Waals surface area contributed by atoms with Gasteiger partial charge in [-0.1, -0.05) is 60.7 Å². The fourth-order valence-corrected chi connectivity index (χ4v) is 3.78. The van der Waals surface area contributed by atoms with Crippen LogP contribution >= 0.6 is 0 Å². The minimum absolute atomic E-state index is 0.0319. The van der Waals surface area contributed by atoms with E-state index in [1.165, 1.54) is 34.4 Å². The zero-order valence-electron chi connectivity index (χ0n) is 16.3. The highest BCUT2D eigenvalue weighted by molar-refractivity contribution is 5.79. The van der Waals surface area contributed by atoms with Crippen molar-refractivity contribution in [3.63, 3.8) is 0 Å². The van der Waals surface area contributed by atoms with Crippen molar-refractivity contribution in [3.8, 4) is 16.9 Å². The topological polar surface area (TPSA) is 58.6 Å². The molecule has 4 rings (SSSR count). The molecule has 30 heavy (non-hydrogen) atoms. The third kappa shape index (κ3) is 4.20. The van der Waals surface area contributed by atoms with Gasteiger partial charge in [0.15, 0.2) is 0 Å². The molecule has 3 aromatic carbocycles. The number of carbonyl (C=O) groups is 1. The van der Waals surface area contributed by atoms with Gasteiger partial charge in [0.2, 0.25) is 0 Å². The van der Waals surface area contributed by atoms with E-state index in [1.807, 2.05) is 24.3 Å². The molecule has 0 atom stereocenters. The smallest absolute Gasteiger partial charge is 0.407 e. The Hall–Kier alpha value is -3.60. The van der Waals surface area contributed by atoms with Gasteiger partial charge in [0.1, 0.15) is 18.2 Å². The average molecular weight is 403 g/mol. The molecule has 2 N–H and O–H groups in total. The number of amides is 1. The Bertz CT molecular complexity index is 1050. The SMILES string of the molecule is O=C(NCCC=Cc1ccc(F)cc1O)OCC1c2ccccc2-c2ccccc21. The number of halogens is 1. The molecule has 1 amide bonds. The summed E-state index contributed by atoms with van der Waals surface area (Å²) in [6.45, 7) is 0.675. The molecule has 0 unspecified atom stereocenters. The van der Waals surface area contributed by atoms with Crippen LogP contribution in [0.1, 0.15) is 29.0 Å². The van der Waals surface area contributed by atoms with Crippen molar-refractivity contribution in [3.05, 3.63) is 95.3 Å². The van der Waals surface area contributed by atoms with Crippen molar-refractivity contribution in [1.29, 1.82) is 0 Å². The van der Waals surface area contributed by atoms with Crippen molar-refractivity contribution in [1.82, 2.24) is 5.32 Å². The second kappa shape index (κ2) is 8.82. The molecule has 0 spiro atoms. The molecule has 0 saturated carbocycles. The summed E-state index contributed by atoms with van der Waals surface area (Å²) in [6, 6.07) is 20.2. The minimum Gasteiger partial charge on any atom is -0.507 e. The van der Waals surface area contributed by atoms with Gasteiger partial charge in [-0.25, -0.2) is 9.18 Å². The number of rotatable bonds is 6. The number of benzene rings is 3. The van der Waals surface area contributed by atoms with Crippen LogP contribution in [0.25, 0.3) is 17.2 Å². The van der Waals surface area contributed by atoms with Crippen molar-refractivity contribution < 1.29 is 19.0 Å².